The number of aromatic nitrogens is 4. The molecule has 3 heterocycles. The minimum absolute atomic E-state index is 0. The minimum Gasteiger partial charge on any atom is -0.355 e. The molecule has 30 heavy (non-hydrogen) atoms. The summed E-state index contributed by atoms with van der Waals surface area (Å²) in [5.74, 6) is 1.68. The number of H-pyrrole nitrogens is 1. The van der Waals surface area contributed by atoms with Crippen molar-refractivity contribution in [3.8, 4) is 0 Å². The van der Waals surface area contributed by atoms with Gasteiger partial charge in [0.1, 0.15) is 5.82 Å². The fraction of sp³-hybridized carbons (Fsp3) is 0.476. The first-order valence-corrected chi connectivity index (χ1v) is 10.3. The number of hydrogen-bond donors (Lipinski definition) is 3. The Balaban J connectivity index is 0.00000160. The van der Waals surface area contributed by atoms with Gasteiger partial charge in [0.15, 0.2) is 0 Å². The first-order valence-electron chi connectivity index (χ1n) is 10.3. The van der Waals surface area contributed by atoms with Crippen molar-refractivity contribution in [2.24, 2.45) is 0 Å². The van der Waals surface area contributed by atoms with Crippen LogP contribution in [0, 0.1) is 0 Å². The van der Waals surface area contributed by atoms with Crippen LogP contribution in [0.4, 0.5) is 17.5 Å². The number of benzene rings is 1. The molecular formula is C21H31Cl2N7. The van der Waals surface area contributed by atoms with E-state index < -0.39 is 0 Å². The molecule has 1 unspecified atom stereocenters. The van der Waals surface area contributed by atoms with Crippen LogP contribution in [0.5, 0.6) is 0 Å². The van der Waals surface area contributed by atoms with Gasteiger partial charge in [0.2, 0.25) is 5.95 Å². The third kappa shape index (κ3) is 5.74. The molecule has 164 valence electrons. The van der Waals surface area contributed by atoms with E-state index in [1.54, 1.807) is 0 Å². The zero-order valence-corrected chi connectivity index (χ0v) is 19.2. The number of aryl methyl sites for hydroxylation is 1. The highest BCUT2D eigenvalue weighted by molar-refractivity contribution is 5.85. The first-order chi connectivity index (χ1) is 13.7. The number of aromatic amines is 1. The molecule has 1 fully saturated rings. The molecule has 0 bridgehead atoms. The average Bonchev–Trinajstić information content (AvgIpc) is 3.20. The largest absolute Gasteiger partial charge is 0.355 e. The summed E-state index contributed by atoms with van der Waals surface area (Å²) >= 11 is 0. The molecule has 1 aromatic carbocycles. The summed E-state index contributed by atoms with van der Waals surface area (Å²) < 4.78 is 0. The highest BCUT2D eigenvalue weighted by Crippen LogP contribution is 2.24. The average molecular weight is 452 g/mol. The standard InChI is InChI=1S/C21H29N7.2ClH/c1-3-4-6-16-12-20(28-10-5-7-18(14-28)22-2)26-21(24-16)25-17-9-8-15-13-23-27-19(15)11-17;;/h8-9,11-13,18,22H,3-7,10,14H2,1-2H3,(H,23,27)(H,24,25,26);2*1H. The van der Waals surface area contributed by atoms with E-state index >= 15 is 0 Å². The van der Waals surface area contributed by atoms with Gasteiger partial charge >= 0.3 is 0 Å². The number of unbranched alkanes of at least 4 members (excludes halogenated alkanes) is 1. The lowest BCUT2D eigenvalue weighted by atomic mass is 10.1. The highest BCUT2D eigenvalue weighted by Gasteiger charge is 2.20. The summed E-state index contributed by atoms with van der Waals surface area (Å²) in [5.41, 5.74) is 3.06. The van der Waals surface area contributed by atoms with Gasteiger partial charge in [0.05, 0.1) is 11.7 Å². The Morgan fingerprint density at radius 1 is 1.20 bits per heavy atom. The Bertz CT molecular complexity index is 931. The van der Waals surface area contributed by atoms with Crippen molar-refractivity contribution in [1.82, 2.24) is 25.5 Å². The summed E-state index contributed by atoms with van der Waals surface area (Å²) in [6.45, 7) is 4.24. The van der Waals surface area contributed by atoms with Crippen LogP contribution >= 0.6 is 24.8 Å². The number of piperidine rings is 1. The second kappa shape index (κ2) is 11.3. The number of fused-ring (bicyclic) bond motifs is 1. The second-order valence-electron chi connectivity index (χ2n) is 7.52. The molecule has 0 amide bonds. The lowest BCUT2D eigenvalue weighted by Crippen LogP contribution is -2.44. The summed E-state index contributed by atoms with van der Waals surface area (Å²) in [4.78, 5) is 12.0. The third-order valence-corrected chi connectivity index (χ3v) is 5.40. The van der Waals surface area contributed by atoms with E-state index in [1.807, 2.05) is 31.4 Å². The van der Waals surface area contributed by atoms with Crippen molar-refractivity contribution in [3.63, 3.8) is 0 Å². The number of nitrogens with zero attached hydrogens (tertiary/aromatic N) is 4. The van der Waals surface area contributed by atoms with Gasteiger partial charge in [0.25, 0.3) is 0 Å². The molecule has 3 aromatic rings. The fourth-order valence-electron chi connectivity index (χ4n) is 3.75. The Kier molecular flexibility index (Phi) is 9.14. The van der Waals surface area contributed by atoms with Crippen LogP contribution in [0.15, 0.2) is 30.5 Å². The molecule has 4 rings (SSSR count). The van der Waals surface area contributed by atoms with Gasteiger partial charge in [-0.2, -0.15) is 10.1 Å². The van der Waals surface area contributed by atoms with E-state index in [4.69, 9.17) is 9.97 Å². The van der Waals surface area contributed by atoms with Crippen molar-refractivity contribution in [2.45, 2.75) is 45.1 Å². The predicted molar refractivity (Wildman–Crippen MR) is 129 cm³/mol. The van der Waals surface area contributed by atoms with Crippen molar-refractivity contribution >= 4 is 53.2 Å². The number of hydrogen-bond acceptors (Lipinski definition) is 6. The van der Waals surface area contributed by atoms with E-state index in [-0.39, 0.29) is 24.8 Å². The van der Waals surface area contributed by atoms with E-state index in [0.717, 1.165) is 60.5 Å². The Morgan fingerprint density at radius 2 is 2.07 bits per heavy atom. The lowest BCUT2D eigenvalue weighted by molar-refractivity contribution is 0.447. The van der Waals surface area contributed by atoms with Gasteiger partial charge in [-0.15, -0.1) is 24.8 Å². The van der Waals surface area contributed by atoms with Crippen molar-refractivity contribution in [2.75, 3.05) is 30.4 Å². The Morgan fingerprint density at radius 3 is 2.87 bits per heavy atom. The maximum Gasteiger partial charge on any atom is 0.229 e. The van der Waals surface area contributed by atoms with E-state index in [9.17, 15) is 0 Å². The van der Waals surface area contributed by atoms with Crippen molar-refractivity contribution in [1.29, 1.82) is 0 Å². The lowest BCUT2D eigenvalue weighted by Gasteiger charge is -2.33. The fourth-order valence-corrected chi connectivity index (χ4v) is 3.75. The van der Waals surface area contributed by atoms with Gasteiger partial charge in [-0.3, -0.25) is 5.10 Å². The quantitative estimate of drug-likeness (QED) is 0.491. The number of halogens is 2. The van der Waals surface area contributed by atoms with Crippen LogP contribution in [-0.4, -0.2) is 46.3 Å². The summed E-state index contributed by atoms with van der Waals surface area (Å²) in [6.07, 6.45) is 7.49. The summed E-state index contributed by atoms with van der Waals surface area (Å²) in [6, 6.07) is 8.81. The Labute approximate surface area is 190 Å². The number of anilines is 3. The highest BCUT2D eigenvalue weighted by atomic mass is 35.5. The summed E-state index contributed by atoms with van der Waals surface area (Å²) in [5, 5.41) is 15.0. The van der Waals surface area contributed by atoms with Crippen LogP contribution in [-0.2, 0) is 6.42 Å². The maximum absolute atomic E-state index is 4.85. The Hall–Kier alpha value is -2.09. The van der Waals surface area contributed by atoms with Gasteiger partial charge in [-0.1, -0.05) is 13.3 Å². The van der Waals surface area contributed by atoms with Crippen LogP contribution < -0.4 is 15.5 Å². The van der Waals surface area contributed by atoms with Gasteiger partial charge in [-0.05, 0) is 50.9 Å². The number of likely N-dealkylation sites (N-methyl/N-ethyl adjacent to an activating group) is 1. The van der Waals surface area contributed by atoms with Crippen molar-refractivity contribution in [3.05, 3.63) is 36.2 Å². The molecule has 7 nitrogen and oxygen atoms in total. The van der Waals surface area contributed by atoms with Crippen LogP contribution in [0.2, 0.25) is 0 Å². The van der Waals surface area contributed by atoms with Crippen LogP contribution in [0.1, 0.15) is 38.3 Å². The van der Waals surface area contributed by atoms with Crippen LogP contribution in [0.25, 0.3) is 10.9 Å². The molecule has 0 spiro atoms. The number of nitrogens with one attached hydrogen (secondary N) is 3. The number of rotatable bonds is 7. The molecule has 2 aromatic heterocycles. The molecule has 9 heteroatoms. The topological polar surface area (TPSA) is 81.8 Å². The monoisotopic (exact) mass is 451 g/mol. The third-order valence-electron chi connectivity index (χ3n) is 5.40. The molecule has 0 aliphatic carbocycles. The molecule has 1 atom stereocenters. The molecule has 0 radical (unpaired) electrons. The van der Waals surface area contributed by atoms with Crippen molar-refractivity contribution < 1.29 is 0 Å². The zero-order valence-electron chi connectivity index (χ0n) is 17.5. The van der Waals surface area contributed by atoms with Gasteiger partial charge < -0.3 is 15.5 Å². The van der Waals surface area contributed by atoms with E-state index in [2.05, 4.69) is 38.7 Å². The van der Waals surface area contributed by atoms with E-state index in [1.165, 1.54) is 12.8 Å². The SMILES string of the molecule is CCCCc1cc(N2CCCC(NC)C2)nc(Nc2ccc3cn[nH]c3c2)n1.Cl.Cl. The first kappa shape index (κ1) is 24.2. The smallest absolute Gasteiger partial charge is 0.229 e. The molecule has 1 saturated heterocycles. The maximum atomic E-state index is 4.85. The molecular weight excluding hydrogens is 421 g/mol. The predicted octanol–water partition coefficient (Wildman–Crippen LogP) is 4.47. The molecule has 0 saturated carbocycles. The summed E-state index contributed by atoms with van der Waals surface area (Å²) in [7, 11) is 2.04. The zero-order chi connectivity index (χ0) is 19.3. The van der Waals surface area contributed by atoms with Gasteiger partial charge in [0, 0.05) is 42.0 Å². The van der Waals surface area contributed by atoms with Gasteiger partial charge in [-0.25, -0.2) is 4.98 Å². The van der Waals surface area contributed by atoms with Crippen LogP contribution in [0.3, 0.4) is 0 Å². The molecule has 1 aliphatic heterocycles. The molecule has 3 N–H and O–H groups in total. The van der Waals surface area contributed by atoms with E-state index in [0.29, 0.717) is 12.0 Å². The minimum atomic E-state index is 0. The normalized spacial score (nSPS) is 16.1. The molecule has 1 aliphatic rings. The second-order valence-corrected chi connectivity index (χ2v) is 7.52.